The maximum Gasteiger partial charge on any atom is 0.235 e. The van der Waals surface area contributed by atoms with Gasteiger partial charge < -0.3 is 0 Å². The van der Waals surface area contributed by atoms with Gasteiger partial charge in [0.1, 0.15) is 0 Å². The topological polar surface area (TPSA) is 30.7 Å². The monoisotopic (exact) mass is 715 g/mol. The van der Waals surface area contributed by atoms with Crippen LogP contribution in [0, 0.1) is 0 Å². The third kappa shape index (κ3) is 4.04. The summed E-state index contributed by atoms with van der Waals surface area (Å²) < 4.78 is 4.60. The number of hydrogen-bond donors (Lipinski definition) is 0. The zero-order valence-electron chi connectivity index (χ0n) is 29.5. The van der Waals surface area contributed by atoms with E-state index in [0.717, 1.165) is 44.3 Å². The third-order valence-corrected chi connectivity index (χ3v) is 13.2. The number of aromatic nitrogens is 3. The van der Waals surface area contributed by atoms with Crippen LogP contribution in [0.4, 0.5) is 0 Å². The van der Waals surface area contributed by atoms with Crippen LogP contribution in [0.5, 0.6) is 0 Å². The second kappa shape index (κ2) is 10.8. The molecular weight excluding hydrogens is 687 g/mol. The van der Waals surface area contributed by atoms with Crippen LogP contribution in [0.15, 0.2) is 164 Å². The van der Waals surface area contributed by atoms with Crippen molar-refractivity contribution in [1.82, 2.24) is 14.5 Å². The Labute approximate surface area is 320 Å². The van der Waals surface area contributed by atoms with E-state index in [0.29, 0.717) is 5.95 Å². The number of allylic oxidation sites excluding steroid dienone is 1. The molecule has 0 saturated carbocycles. The highest BCUT2D eigenvalue weighted by molar-refractivity contribution is 7.26. The van der Waals surface area contributed by atoms with Crippen LogP contribution < -0.4 is 0 Å². The Morgan fingerprint density at radius 2 is 1.18 bits per heavy atom. The molecule has 3 heterocycles. The highest BCUT2D eigenvalue weighted by atomic mass is 32.1. The molecule has 3 aromatic heterocycles. The largest absolute Gasteiger partial charge is 0.278 e. The second-order valence-corrected chi connectivity index (χ2v) is 15.9. The van der Waals surface area contributed by atoms with E-state index < -0.39 is 0 Å². The van der Waals surface area contributed by atoms with Crippen molar-refractivity contribution in [3.63, 3.8) is 0 Å². The van der Waals surface area contributed by atoms with Crippen LogP contribution in [0.25, 0.3) is 103 Å². The normalized spacial score (nSPS) is 13.3. The molecule has 254 valence electrons. The summed E-state index contributed by atoms with van der Waals surface area (Å²) in [7, 11) is 0. The summed E-state index contributed by atoms with van der Waals surface area (Å²) in [5.41, 5.74) is 16.1. The summed E-state index contributed by atoms with van der Waals surface area (Å²) >= 11 is 1.78. The average Bonchev–Trinajstić information content (AvgIpc) is 3.99. The van der Waals surface area contributed by atoms with E-state index in [2.05, 4.69) is 168 Å². The molecule has 2 aliphatic carbocycles. The Morgan fingerprint density at radius 3 is 2.09 bits per heavy atom. The maximum absolute atomic E-state index is 5.50. The minimum absolute atomic E-state index is 0.685. The van der Waals surface area contributed by atoms with Crippen LogP contribution in [-0.2, 0) is 6.42 Å². The van der Waals surface area contributed by atoms with Crippen molar-refractivity contribution in [3.8, 4) is 28.3 Å². The summed E-state index contributed by atoms with van der Waals surface area (Å²) in [5, 5.41) is 8.66. The lowest BCUT2D eigenvalue weighted by Gasteiger charge is -2.12. The van der Waals surface area contributed by atoms with E-state index in [9.17, 15) is 0 Å². The van der Waals surface area contributed by atoms with Gasteiger partial charge in [-0.05, 0) is 103 Å². The van der Waals surface area contributed by atoms with E-state index in [1.165, 1.54) is 81.5 Å². The fraction of sp³-hybridized carbons (Fsp3) is 0.0196. The number of para-hydroxylation sites is 1. The molecule has 0 fully saturated rings. The molecular formula is C51H29N3S. The van der Waals surface area contributed by atoms with Crippen molar-refractivity contribution in [2.45, 2.75) is 6.42 Å². The van der Waals surface area contributed by atoms with Crippen LogP contribution in [0.2, 0.25) is 0 Å². The van der Waals surface area contributed by atoms with Gasteiger partial charge in [-0.1, -0.05) is 133 Å². The summed E-state index contributed by atoms with van der Waals surface area (Å²) in [5.74, 6) is 0.685. The molecule has 0 saturated heterocycles. The number of rotatable bonds is 3. The van der Waals surface area contributed by atoms with Gasteiger partial charge in [0, 0.05) is 26.4 Å². The Bertz CT molecular complexity index is 3520. The zero-order valence-corrected chi connectivity index (χ0v) is 30.4. The minimum atomic E-state index is 0.685. The van der Waals surface area contributed by atoms with Gasteiger partial charge in [0.05, 0.1) is 26.9 Å². The average molecular weight is 716 g/mol. The second-order valence-electron chi connectivity index (χ2n) is 14.9. The van der Waals surface area contributed by atoms with Gasteiger partial charge in [0.25, 0.3) is 0 Å². The van der Waals surface area contributed by atoms with Gasteiger partial charge in [0.15, 0.2) is 0 Å². The molecule has 0 radical (unpaired) electrons. The summed E-state index contributed by atoms with van der Waals surface area (Å²) in [6, 6.07) is 59.9. The molecule has 0 atom stereocenters. The molecule has 0 spiro atoms. The number of thiophene rings is 1. The molecule has 13 rings (SSSR count). The Balaban J connectivity index is 1.02. The van der Waals surface area contributed by atoms with Crippen molar-refractivity contribution >= 4 is 86.1 Å². The van der Waals surface area contributed by atoms with E-state index in [-0.39, 0.29) is 0 Å². The molecule has 0 amide bonds. The summed E-state index contributed by atoms with van der Waals surface area (Å²) in [6.45, 7) is 0. The van der Waals surface area contributed by atoms with E-state index in [1.807, 2.05) is 0 Å². The predicted octanol–water partition coefficient (Wildman–Crippen LogP) is 13.4. The fourth-order valence-electron chi connectivity index (χ4n) is 9.58. The van der Waals surface area contributed by atoms with Gasteiger partial charge in [-0.15, -0.1) is 11.3 Å². The first-order valence-corrected chi connectivity index (χ1v) is 19.7. The van der Waals surface area contributed by atoms with E-state index >= 15 is 0 Å². The Kier molecular flexibility index (Phi) is 5.83. The van der Waals surface area contributed by atoms with Gasteiger partial charge in [-0.25, -0.2) is 9.97 Å². The van der Waals surface area contributed by atoms with Crippen molar-refractivity contribution < 1.29 is 0 Å². The first-order chi connectivity index (χ1) is 27.3. The van der Waals surface area contributed by atoms with Crippen molar-refractivity contribution in [2.75, 3.05) is 0 Å². The first kappa shape index (κ1) is 29.6. The molecule has 0 bridgehead atoms. The van der Waals surface area contributed by atoms with Crippen LogP contribution in [0.1, 0.15) is 22.3 Å². The van der Waals surface area contributed by atoms with Crippen LogP contribution >= 0.6 is 11.3 Å². The highest BCUT2D eigenvalue weighted by Crippen LogP contribution is 2.52. The van der Waals surface area contributed by atoms with Crippen molar-refractivity contribution in [2.24, 2.45) is 0 Å². The Hall–Kier alpha value is -6.88. The van der Waals surface area contributed by atoms with Crippen LogP contribution in [-0.4, -0.2) is 14.5 Å². The standard InChI is InChI=1S/C51H29N3S/c1-2-14-34-29(10-1)11-7-18-37(34)48-50-49(38-16-4-6-21-45(38)55-50)53-51(52-48)54-43-20-5-3-15-35(43)41-27-32(24-25-44(41)54)31-22-23-33-28-42-36-17-8-12-30-13-9-19-39(46(30)36)47(42)40(33)26-31/h1-27H,28H2. The highest BCUT2D eigenvalue weighted by Gasteiger charge is 2.31. The van der Waals surface area contributed by atoms with Crippen molar-refractivity contribution in [3.05, 3.63) is 186 Å². The van der Waals surface area contributed by atoms with Crippen molar-refractivity contribution in [1.29, 1.82) is 0 Å². The number of fused-ring (bicyclic) bond motifs is 11. The molecule has 55 heavy (non-hydrogen) atoms. The molecule has 4 heteroatoms. The molecule has 3 nitrogen and oxygen atoms in total. The molecule has 0 N–H and O–H groups in total. The first-order valence-electron chi connectivity index (χ1n) is 18.9. The quantitative estimate of drug-likeness (QED) is 0.182. The van der Waals surface area contributed by atoms with E-state index in [1.54, 1.807) is 11.3 Å². The number of nitrogens with zero attached hydrogens (tertiary/aromatic N) is 3. The number of benzene rings is 8. The predicted molar refractivity (Wildman–Crippen MR) is 231 cm³/mol. The SMILES string of the molecule is c1ccc2c(-c3nc(-n4c5ccccc5c5cc(-c6ccc7c(c6)C6=C(C7)c7cccc8cccc6c78)ccc54)nc4c3sc3ccccc34)cccc2c1. The van der Waals surface area contributed by atoms with Gasteiger partial charge >= 0.3 is 0 Å². The van der Waals surface area contributed by atoms with Gasteiger partial charge in [-0.2, -0.15) is 0 Å². The molecule has 11 aromatic rings. The Morgan fingerprint density at radius 1 is 0.491 bits per heavy atom. The lowest BCUT2D eigenvalue weighted by Crippen LogP contribution is -2.03. The molecule has 0 aliphatic heterocycles. The molecule has 0 unspecified atom stereocenters. The summed E-state index contributed by atoms with van der Waals surface area (Å²) in [6.07, 6.45) is 0.982. The number of hydrogen-bond acceptors (Lipinski definition) is 3. The molecule has 8 aromatic carbocycles. The fourth-order valence-corrected chi connectivity index (χ4v) is 10.7. The minimum Gasteiger partial charge on any atom is -0.278 e. The lowest BCUT2D eigenvalue weighted by molar-refractivity contribution is 1.02. The smallest absolute Gasteiger partial charge is 0.235 e. The van der Waals surface area contributed by atoms with Gasteiger partial charge in [0.2, 0.25) is 5.95 Å². The lowest BCUT2D eigenvalue weighted by atomic mass is 9.93. The molecule has 2 aliphatic rings. The van der Waals surface area contributed by atoms with E-state index in [4.69, 9.17) is 9.97 Å². The maximum atomic E-state index is 5.50. The zero-order chi connectivity index (χ0) is 35.8. The summed E-state index contributed by atoms with van der Waals surface area (Å²) in [4.78, 5) is 10.9. The van der Waals surface area contributed by atoms with Gasteiger partial charge in [-0.3, -0.25) is 4.57 Å². The van der Waals surface area contributed by atoms with Crippen LogP contribution in [0.3, 0.4) is 0 Å². The third-order valence-electron chi connectivity index (χ3n) is 12.0.